The molecule has 0 atom stereocenters. The summed E-state index contributed by atoms with van der Waals surface area (Å²) < 4.78 is 2.72. The smallest absolute Gasteiger partial charge is 0.244 e. The molecule has 5 nitrogen and oxygen atoms in total. The van der Waals surface area contributed by atoms with Crippen molar-refractivity contribution in [1.29, 1.82) is 0 Å². The first-order valence-electron chi connectivity index (χ1n) is 3.80. The fourth-order valence-electron chi connectivity index (χ4n) is 0.857. The molecule has 0 radical (unpaired) electrons. The third-order valence-electron chi connectivity index (χ3n) is 1.43. The number of tetrazole rings is 1. The predicted molar refractivity (Wildman–Crippen MR) is 40.2 cm³/mol. The van der Waals surface area contributed by atoms with Gasteiger partial charge in [-0.2, -0.15) is 9.36 Å². The summed E-state index contributed by atoms with van der Waals surface area (Å²) in [6.07, 6.45) is 0.905. The second-order valence-corrected chi connectivity index (χ2v) is 2.30. The summed E-state index contributed by atoms with van der Waals surface area (Å²) in [5, 5.41) is 7.36. The number of aromatic nitrogens is 4. The van der Waals surface area contributed by atoms with Crippen molar-refractivity contribution in [2.45, 2.75) is 33.4 Å². The van der Waals surface area contributed by atoms with Gasteiger partial charge in [-0.05, 0) is 23.8 Å². The highest BCUT2D eigenvalue weighted by Crippen LogP contribution is 1.79. The van der Waals surface area contributed by atoms with Gasteiger partial charge in [0.1, 0.15) is 0 Å². The van der Waals surface area contributed by atoms with Crippen molar-refractivity contribution in [3.8, 4) is 0 Å². The van der Waals surface area contributed by atoms with E-state index in [1.165, 1.54) is 9.36 Å². The van der Waals surface area contributed by atoms with Crippen molar-refractivity contribution in [2.24, 2.45) is 0 Å². The minimum atomic E-state index is -0.116. The highest BCUT2D eigenvalue weighted by atomic mass is 16.2. The summed E-state index contributed by atoms with van der Waals surface area (Å²) in [5.41, 5.74) is -0.116. The van der Waals surface area contributed by atoms with Gasteiger partial charge < -0.3 is 0 Å². The van der Waals surface area contributed by atoms with Crippen molar-refractivity contribution in [3.05, 3.63) is 10.5 Å². The topological polar surface area (TPSA) is 52.7 Å². The van der Waals surface area contributed by atoms with Gasteiger partial charge >= 0.3 is 5.69 Å². The van der Waals surface area contributed by atoms with Crippen LogP contribution in [0.25, 0.3) is 0 Å². The first kappa shape index (κ1) is 7.97. The summed E-state index contributed by atoms with van der Waals surface area (Å²) in [5.74, 6) is 0. The van der Waals surface area contributed by atoms with E-state index in [-0.39, 0.29) is 5.69 Å². The van der Waals surface area contributed by atoms with Crippen molar-refractivity contribution in [3.63, 3.8) is 0 Å². The Kier molecular flexibility index (Phi) is 2.40. The van der Waals surface area contributed by atoms with E-state index in [4.69, 9.17) is 0 Å². The molecule has 0 saturated heterocycles. The van der Waals surface area contributed by atoms with E-state index in [1.54, 1.807) is 0 Å². The lowest BCUT2D eigenvalue weighted by atomic mass is 10.5. The molecule has 0 N–H and O–H groups in total. The van der Waals surface area contributed by atoms with E-state index in [0.29, 0.717) is 13.1 Å². The van der Waals surface area contributed by atoms with Gasteiger partial charge in [-0.15, -0.1) is 0 Å². The second kappa shape index (κ2) is 3.32. The molecule has 1 aromatic heterocycles. The average molecular weight is 156 g/mol. The van der Waals surface area contributed by atoms with Crippen LogP contribution in [0.4, 0.5) is 0 Å². The maximum absolute atomic E-state index is 11.2. The number of hydrogen-bond acceptors (Lipinski definition) is 3. The molecule has 0 unspecified atom stereocenters. The van der Waals surface area contributed by atoms with E-state index in [2.05, 4.69) is 10.4 Å². The van der Waals surface area contributed by atoms with Crippen LogP contribution in [0.1, 0.15) is 20.3 Å². The quantitative estimate of drug-likeness (QED) is 0.612. The van der Waals surface area contributed by atoms with Crippen LogP contribution in [-0.4, -0.2) is 19.8 Å². The van der Waals surface area contributed by atoms with E-state index < -0.39 is 0 Å². The molecule has 0 aromatic carbocycles. The third kappa shape index (κ3) is 1.47. The van der Waals surface area contributed by atoms with Gasteiger partial charge in [-0.1, -0.05) is 6.92 Å². The van der Waals surface area contributed by atoms with Gasteiger partial charge in [0.15, 0.2) is 0 Å². The Bertz CT molecular complexity index is 274. The van der Waals surface area contributed by atoms with E-state index in [0.717, 1.165) is 6.42 Å². The normalized spacial score (nSPS) is 10.4. The molecule has 0 spiro atoms. The molecule has 0 saturated carbocycles. The Morgan fingerprint density at radius 1 is 1.27 bits per heavy atom. The maximum Gasteiger partial charge on any atom is 0.363 e. The molecule has 0 aliphatic heterocycles. The van der Waals surface area contributed by atoms with Crippen molar-refractivity contribution < 1.29 is 0 Å². The summed E-state index contributed by atoms with van der Waals surface area (Å²) in [6, 6.07) is 0. The summed E-state index contributed by atoms with van der Waals surface area (Å²) in [6.45, 7) is 5.10. The molecular weight excluding hydrogens is 144 g/mol. The first-order chi connectivity index (χ1) is 5.29. The molecule has 0 aliphatic carbocycles. The number of rotatable bonds is 3. The standard InChI is InChI=1S/C6H12N4O/c1-3-5-10-6(11)9(4-2)7-8-10/h3-5H2,1-2H3. The molecule has 0 amide bonds. The fraction of sp³-hybridized carbons (Fsp3) is 0.833. The summed E-state index contributed by atoms with van der Waals surface area (Å²) in [4.78, 5) is 11.2. The summed E-state index contributed by atoms with van der Waals surface area (Å²) in [7, 11) is 0. The minimum absolute atomic E-state index is 0.116. The fourth-order valence-corrected chi connectivity index (χ4v) is 0.857. The van der Waals surface area contributed by atoms with Gasteiger partial charge in [0, 0.05) is 13.1 Å². The Morgan fingerprint density at radius 2 is 1.91 bits per heavy atom. The molecular formula is C6H12N4O. The van der Waals surface area contributed by atoms with E-state index in [9.17, 15) is 4.79 Å². The first-order valence-corrected chi connectivity index (χ1v) is 3.80. The predicted octanol–water partition coefficient (Wildman–Crippen LogP) is -0.130. The Morgan fingerprint density at radius 3 is 2.36 bits per heavy atom. The van der Waals surface area contributed by atoms with Crippen molar-refractivity contribution >= 4 is 0 Å². The lowest BCUT2D eigenvalue weighted by Crippen LogP contribution is -2.24. The molecule has 0 bridgehead atoms. The number of aryl methyl sites for hydroxylation is 2. The van der Waals surface area contributed by atoms with Crippen LogP contribution in [0.5, 0.6) is 0 Å². The highest BCUT2D eigenvalue weighted by molar-refractivity contribution is 4.56. The molecule has 11 heavy (non-hydrogen) atoms. The Hall–Kier alpha value is -1.13. The van der Waals surface area contributed by atoms with Gasteiger partial charge in [0.2, 0.25) is 0 Å². The van der Waals surface area contributed by atoms with Gasteiger partial charge in [0.05, 0.1) is 0 Å². The maximum atomic E-state index is 11.2. The summed E-state index contributed by atoms with van der Waals surface area (Å²) >= 11 is 0. The lowest BCUT2D eigenvalue weighted by Gasteiger charge is -1.90. The molecule has 5 heteroatoms. The zero-order chi connectivity index (χ0) is 8.27. The zero-order valence-corrected chi connectivity index (χ0v) is 6.82. The van der Waals surface area contributed by atoms with Crippen molar-refractivity contribution in [2.75, 3.05) is 0 Å². The lowest BCUT2D eigenvalue weighted by molar-refractivity contribution is 0.564. The van der Waals surface area contributed by atoms with Crippen LogP contribution >= 0.6 is 0 Å². The van der Waals surface area contributed by atoms with Crippen LogP contribution in [0.3, 0.4) is 0 Å². The molecule has 0 aliphatic rings. The van der Waals surface area contributed by atoms with Crippen LogP contribution in [0.2, 0.25) is 0 Å². The molecule has 62 valence electrons. The molecule has 0 fully saturated rings. The Balaban J connectivity index is 2.92. The van der Waals surface area contributed by atoms with E-state index >= 15 is 0 Å². The van der Waals surface area contributed by atoms with Crippen LogP contribution in [0.15, 0.2) is 4.79 Å². The molecule has 1 rings (SSSR count). The van der Waals surface area contributed by atoms with Crippen LogP contribution < -0.4 is 5.69 Å². The largest absolute Gasteiger partial charge is 0.363 e. The van der Waals surface area contributed by atoms with E-state index in [1.807, 2.05) is 13.8 Å². The molecule has 1 aromatic rings. The van der Waals surface area contributed by atoms with Gasteiger partial charge in [0.25, 0.3) is 0 Å². The third-order valence-corrected chi connectivity index (χ3v) is 1.43. The minimum Gasteiger partial charge on any atom is -0.244 e. The monoisotopic (exact) mass is 156 g/mol. The average Bonchev–Trinajstić information content (AvgIpc) is 2.34. The second-order valence-electron chi connectivity index (χ2n) is 2.30. The van der Waals surface area contributed by atoms with Gasteiger partial charge in [-0.3, -0.25) is 0 Å². The van der Waals surface area contributed by atoms with Crippen molar-refractivity contribution in [1.82, 2.24) is 19.8 Å². The zero-order valence-electron chi connectivity index (χ0n) is 6.82. The van der Waals surface area contributed by atoms with Crippen LogP contribution in [0, 0.1) is 0 Å². The Labute approximate surface area is 64.6 Å². The van der Waals surface area contributed by atoms with Gasteiger partial charge in [-0.25, -0.2) is 4.79 Å². The number of hydrogen-bond donors (Lipinski definition) is 0. The highest BCUT2D eigenvalue weighted by Gasteiger charge is 2.01. The number of nitrogens with zero attached hydrogens (tertiary/aromatic N) is 4. The van der Waals surface area contributed by atoms with Crippen LogP contribution in [-0.2, 0) is 13.1 Å². The SMILES string of the molecule is CCCn1nnn(CC)c1=O. The molecule has 1 heterocycles.